The van der Waals surface area contributed by atoms with Crippen molar-refractivity contribution in [2.24, 2.45) is 0 Å². The summed E-state index contributed by atoms with van der Waals surface area (Å²) in [5.41, 5.74) is 16.1. The summed E-state index contributed by atoms with van der Waals surface area (Å²) in [6.07, 6.45) is 3.37. The Labute approximate surface area is 191 Å². The van der Waals surface area contributed by atoms with Crippen molar-refractivity contribution in [3.05, 3.63) is 120 Å². The van der Waals surface area contributed by atoms with Crippen LogP contribution in [-0.4, -0.2) is 11.8 Å². The van der Waals surface area contributed by atoms with Gasteiger partial charge in [-0.05, 0) is 53.1 Å². The maximum absolute atomic E-state index is 12.3. The number of carbonyl (C=O) groups is 2. The number of rotatable bonds is 6. The van der Waals surface area contributed by atoms with Crippen molar-refractivity contribution in [1.29, 1.82) is 0 Å². The highest BCUT2D eigenvalue weighted by atomic mass is 16.5. The molecule has 0 aromatic heterocycles. The normalized spacial score (nSPS) is 10.8. The Morgan fingerprint density at radius 3 is 1.85 bits per heavy atom. The number of anilines is 2. The molecular formula is C28H22N2O3. The number of esters is 1. The first-order valence-electron chi connectivity index (χ1n) is 10.3. The van der Waals surface area contributed by atoms with Crippen LogP contribution in [0.15, 0.2) is 103 Å². The van der Waals surface area contributed by atoms with Gasteiger partial charge in [0, 0.05) is 16.9 Å². The van der Waals surface area contributed by atoms with Crippen LogP contribution < -0.4 is 16.2 Å². The minimum absolute atomic E-state index is 0.0364. The fraction of sp³-hybridized carbons (Fsp3) is 0. The van der Waals surface area contributed by atoms with Crippen molar-refractivity contribution in [1.82, 2.24) is 0 Å². The second-order valence-corrected chi connectivity index (χ2v) is 7.49. The molecule has 5 nitrogen and oxygen atoms in total. The summed E-state index contributed by atoms with van der Waals surface area (Å²) < 4.78 is 5.42. The third-order valence-electron chi connectivity index (χ3n) is 5.01. The van der Waals surface area contributed by atoms with Crippen LogP contribution in [0.25, 0.3) is 17.2 Å². The van der Waals surface area contributed by atoms with Crippen molar-refractivity contribution < 1.29 is 14.3 Å². The summed E-state index contributed by atoms with van der Waals surface area (Å²) in [4.78, 5) is 24.6. The molecule has 0 saturated carbocycles. The second kappa shape index (κ2) is 9.66. The van der Waals surface area contributed by atoms with Gasteiger partial charge in [0.05, 0.1) is 5.56 Å². The Balaban J connectivity index is 1.41. The summed E-state index contributed by atoms with van der Waals surface area (Å²) >= 11 is 0. The lowest BCUT2D eigenvalue weighted by Gasteiger charge is -2.08. The molecule has 4 N–H and O–H groups in total. The van der Waals surface area contributed by atoms with Gasteiger partial charge in [-0.25, -0.2) is 4.79 Å². The second-order valence-electron chi connectivity index (χ2n) is 7.49. The summed E-state index contributed by atoms with van der Waals surface area (Å²) in [6.45, 7) is 0. The molecule has 0 unspecified atom stereocenters. The van der Waals surface area contributed by atoms with Crippen LogP contribution in [0.3, 0.4) is 0 Å². The first kappa shape index (κ1) is 21.6. The molecule has 0 saturated heterocycles. The maximum atomic E-state index is 12.3. The average Bonchev–Trinajstić information content (AvgIpc) is 2.83. The van der Waals surface area contributed by atoms with E-state index >= 15 is 0 Å². The lowest BCUT2D eigenvalue weighted by molar-refractivity contribution is 0.0734. The van der Waals surface area contributed by atoms with Gasteiger partial charge < -0.3 is 16.2 Å². The Morgan fingerprint density at radius 2 is 1.24 bits per heavy atom. The third kappa shape index (κ3) is 5.54. The van der Waals surface area contributed by atoms with Gasteiger partial charge in [-0.15, -0.1) is 0 Å². The van der Waals surface area contributed by atoms with E-state index < -0.39 is 5.97 Å². The Hall–Kier alpha value is -4.64. The zero-order valence-electron chi connectivity index (χ0n) is 17.8. The number of benzene rings is 4. The van der Waals surface area contributed by atoms with Gasteiger partial charge in [0.1, 0.15) is 5.75 Å². The van der Waals surface area contributed by atoms with Gasteiger partial charge in [0.2, 0.25) is 0 Å². The van der Waals surface area contributed by atoms with Crippen molar-refractivity contribution in [2.45, 2.75) is 0 Å². The minimum Gasteiger partial charge on any atom is -0.423 e. The molecule has 5 heteroatoms. The van der Waals surface area contributed by atoms with Crippen LogP contribution in [0.5, 0.6) is 5.75 Å². The highest BCUT2D eigenvalue weighted by Gasteiger charge is 2.10. The number of carbonyl (C=O) groups excluding carboxylic acids is 2. The molecule has 4 rings (SSSR count). The molecule has 0 bridgehead atoms. The van der Waals surface area contributed by atoms with Gasteiger partial charge in [0.15, 0.2) is 5.78 Å². The van der Waals surface area contributed by atoms with Gasteiger partial charge >= 0.3 is 5.97 Å². The quantitative estimate of drug-likeness (QED) is 0.135. The van der Waals surface area contributed by atoms with Crippen molar-refractivity contribution in [3.8, 4) is 16.9 Å². The predicted octanol–water partition coefficient (Wildman–Crippen LogP) is 5.63. The Bertz CT molecular complexity index is 1290. The molecule has 33 heavy (non-hydrogen) atoms. The predicted molar refractivity (Wildman–Crippen MR) is 132 cm³/mol. The molecule has 0 aliphatic heterocycles. The van der Waals surface area contributed by atoms with E-state index in [2.05, 4.69) is 0 Å². The van der Waals surface area contributed by atoms with E-state index in [0.29, 0.717) is 28.3 Å². The number of hydrogen-bond donors (Lipinski definition) is 2. The number of ether oxygens (including phenoxy) is 1. The molecule has 0 heterocycles. The fourth-order valence-corrected chi connectivity index (χ4v) is 3.33. The lowest BCUT2D eigenvalue weighted by atomic mass is 10.0. The largest absolute Gasteiger partial charge is 0.423 e. The standard InChI is InChI=1S/C28H22N2O3/c29-24-16-23(17-25(30)18-24)28(32)33-26-13-11-21(12-14-26)20-9-6-19(7-10-20)8-15-27(31)22-4-2-1-3-5-22/h1-18H,29-30H2/b15-8+. The topological polar surface area (TPSA) is 95.4 Å². The van der Waals surface area contributed by atoms with Gasteiger partial charge in [0.25, 0.3) is 0 Å². The zero-order chi connectivity index (χ0) is 23.2. The van der Waals surface area contributed by atoms with E-state index in [1.54, 1.807) is 42.5 Å². The molecule has 0 fully saturated rings. The molecule has 4 aromatic rings. The van der Waals surface area contributed by atoms with Crippen LogP contribution in [-0.2, 0) is 0 Å². The molecule has 4 aromatic carbocycles. The number of nitrogens with two attached hydrogens (primary N) is 2. The first-order chi connectivity index (χ1) is 16.0. The number of ketones is 1. The lowest BCUT2D eigenvalue weighted by Crippen LogP contribution is -2.09. The van der Waals surface area contributed by atoms with Crippen LogP contribution in [0, 0.1) is 0 Å². The van der Waals surface area contributed by atoms with Crippen molar-refractivity contribution >= 4 is 29.2 Å². The Kier molecular flexibility index (Phi) is 6.32. The zero-order valence-corrected chi connectivity index (χ0v) is 17.8. The van der Waals surface area contributed by atoms with E-state index in [-0.39, 0.29) is 5.78 Å². The first-order valence-corrected chi connectivity index (χ1v) is 10.3. The van der Waals surface area contributed by atoms with Crippen LogP contribution in [0.2, 0.25) is 0 Å². The monoisotopic (exact) mass is 434 g/mol. The van der Waals surface area contributed by atoms with Crippen LogP contribution in [0.4, 0.5) is 11.4 Å². The molecule has 0 atom stereocenters. The third-order valence-corrected chi connectivity index (χ3v) is 5.01. The van der Waals surface area contributed by atoms with E-state index in [9.17, 15) is 9.59 Å². The fourth-order valence-electron chi connectivity index (χ4n) is 3.33. The van der Waals surface area contributed by atoms with Gasteiger partial charge in [-0.3, -0.25) is 4.79 Å². The van der Waals surface area contributed by atoms with Crippen LogP contribution >= 0.6 is 0 Å². The molecular weight excluding hydrogens is 412 g/mol. The molecule has 162 valence electrons. The summed E-state index contributed by atoms with van der Waals surface area (Å²) in [5, 5.41) is 0. The van der Waals surface area contributed by atoms with Gasteiger partial charge in [-0.1, -0.05) is 72.8 Å². The number of allylic oxidation sites excluding steroid dienone is 1. The highest BCUT2D eigenvalue weighted by molar-refractivity contribution is 6.06. The van der Waals surface area contributed by atoms with E-state index in [0.717, 1.165) is 16.7 Å². The summed E-state index contributed by atoms with van der Waals surface area (Å²) in [7, 11) is 0. The average molecular weight is 434 g/mol. The smallest absolute Gasteiger partial charge is 0.343 e. The van der Waals surface area contributed by atoms with E-state index in [4.69, 9.17) is 16.2 Å². The molecule has 0 aliphatic carbocycles. The molecule has 0 amide bonds. The van der Waals surface area contributed by atoms with Crippen LogP contribution in [0.1, 0.15) is 26.3 Å². The minimum atomic E-state index is -0.525. The molecule has 0 spiro atoms. The number of hydrogen-bond acceptors (Lipinski definition) is 5. The molecule has 0 aliphatic rings. The van der Waals surface area contributed by atoms with Crippen molar-refractivity contribution in [2.75, 3.05) is 11.5 Å². The maximum Gasteiger partial charge on any atom is 0.343 e. The Morgan fingerprint density at radius 1 is 0.667 bits per heavy atom. The van der Waals surface area contributed by atoms with E-state index in [1.807, 2.05) is 54.6 Å². The van der Waals surface area contributed by atoms with E-state index in [1.165, 1.54) is 12.1 Å². The molecule has 0 radical (unpaired) electrons. The van der Waals surface area contributed by atoms with Gasteiger partial charge in [-0.2, -0.15) is 0 Å². The number of nitrogen functional groups attached to an aromatic ring is 2. The summed E-state index contributed by atoms with van der Waals surface area (Å²) in [5.74, 6) is -0.141. The summed E-state index contributed by atoms with van der Waals surface area (Å²) in [6, 6.07) is 28.8. The highest BCUT2D eigenvalue weighted by Crippen LogP contribution is 2.24. The SMILES string of the molecule is Nc1cc(N)cc(C(=O)Oc2ccc(-c3ccc(/C=C/C(=O)c4ccccc4)cc3)cc2)c1. The van der Waals surface area contributed by atoms with Crippen molar-refractivity contribution in [3.63, 3.8) is 0 Å².